The largest absolute Gasteiger partial charge is 0.315 e. The lowest BCUT2D eigenvalue weighted by molar-refractivity contribution is 0.314. The Hall–Kier alpha value is -0.380. The van der Waals surface area contributed by atoms with Crippen molar-refractivity contribution >= 4 is 15.9 Å². The first kappa shape index (κ1) is 16.7. The highest BCUT2D eigenvalue weighted by molar-refractivity contribution is 9.10. The van der Waals surface area contributed by atoms with Gasteiger partial charge < -0.3 is 10.2 Å². The van der Waals surface area contributed by atoms with Crippen molar-refractivity contribution in [3.8, 4) is 0 Å². The van der Waals surface area contributed by atoms with Crippen LogP contribution < -0.4 is 5.32 Å². The minimum Gasteiger partial charge on any atom is -0.315 e. The molecule has 19 heavy (non-hydrogen) atoms. The smallest absolute Gasteiger partial charge is 0.0231 e. The van der Waals surface area contributed by atoms with E-state index in [1.165, 1.54) is 12.0 Å². The van der Waals surface area contributed by atoms with Gasteiger partial charge in [0, 0.05) is 24.1 Å². The standard InChI is InChI=1S/C16H27BrN2/c1-16(2,3)8-9-18-10-11-19(4)13-14-6-5-7-15(17)12-14/h5-7,12,18H,8-11,13H2,1-4H3. The zero-order valence-electron chi connectivity index (χ0n) is 12.7. The Bertz CT molecular complexity index is 371. The Balaban J connectivity index is 2.16. The van der Waals surface area contributed by atoms with E-state index in [9.17, 15) is 0 Å². The molecule has 0 saturated carbocycles. The molecule has 1 aromatic rings. The number of rotatable bonds is 7. The van der Waals surface area contributed by atoms with E-state index in [-0.39, 0.29) is 0 Å². The average molecular weight is 327 g/mol. The van der Waals surface area contributed by atoms with E-state index in [1.54, 1.807) is 0 Å². The van der Waals surface area contributed by atoms with Crippen LogP contribution in [0.1, 0.15) is 32.8 Å². The van der Waals surface area contributed by atoms with Crippen LogP contribution in [0.3, 0.4) is 0 Å². The second-order valence-corrected chi connectivity index (χ2v) is 7.34. The minimum atomic E-state index is 0.426. The van der Waals surface area contributed by atoms with Crippen molar-refractivity contribution in [3.63, 3.8) is 0 Å². The van der Waals surface area contributed by atoms with Gasteiger partial charge in [0.25, 0.3) is 0 Å². The molecule has 0 aromatic heterocycles. The first-order valence-corrected chi connectivity index (χ1v) is 7.80. The van der Waals surface area contributed by atoms with Crippen LogP contribution in [0.15, 0.2) is 28.7 Å². The van der Waals surface area contributed by atoms with Crippen LogP contribution in [0, 0.1) is 5.41 Å². The van der Waals surface area contributed by atoms with Gasteiger partial charge in [0.05, 0.1) is 0 Å². The van der Waals surface area contributed by atoms with Crippen LogP contribution in [-0.2, 0) is 6.54 Å². The van der Waals surface area contributed by atoms with E-state index in [0.29, 0.717) is 5.41 Å². The lowest BCUT2D eigenvalue weighted by Crippen LogP contribution is -2.30. The molecule has 0 saturated heterocycles. The molecular weight excluding hydrogens is 300 g/mol. The molecule has 0 aliphatic heterocycles. The summed E-state index contributed by atoms with van der Waals surface area (Å²) in [6.07, 6.45) is 1.22. The number of hydrogen-bond donors (Lipinski definition) is 1. The van der Waals surface area contributed by atoms with Gasteiger partial charge in [0.15, 0.2) is 0 Å². The zero-order valence-corrected chi connectivity index (χ0v) is 14.3. The summed E-state index contributed by atoms with van der Waals surface area (Å²) in [4.78, 5) is 2.35. The normalized spacial score (nSPS) is 12.1. The van der Waals surface area contributed by atoms with Gasteiger partial charge in [-0.15, -0.1) is 0 Å². The molecule has 1 aromatic carbocycles. The summed E-state index contributed by atoms with van der Waals surface area (Å²) in [7, 11) is 2.17. The summed E-state index contributed by atoms with van der Waals surface area (Å²) in [5.74, 6) is 0. The molecule has 108 valence electrons. The molecule has 0 amide bonds. The topological polar surface area (TPSA) is 15.3 Å². The molecule has 0 fully saturated rings. The Labute approximate surface area is 126 Å². The SMILES string of the molecule is CN(CCNCCC(C)(C)C)Cc1cccc(Br)c1. The third-order valence-electron chi connectivity index (χ3n) is 3.06. The molecule has 0 radical (unpaired) electrons. The third-order valence-corrected chi connectivity index (χ3v) is 3.56. The van der Waals surface area contributed by atoms with Crippen LogP contribution in [0.4, 0.5) is 0 Å². The summed E-state index contributed by atoms with van der Waals surface area (Å²) >= 11 is 3.51. The number of nitrogens with one attached hydrogen (secondary N) is 1. The highest BCUT2D eigenvalue weighted by atomic mass is 79.9. The van der Waals surface area contributed by atoms with E-state index < -0.39 is 0 Å². The number of nitrogens with zero attached hydrogens (tertiary/aromatic N) is 1. The number of hydrogen-bond acceptors (Lipinski definition) is 2. The summed E-state index contributed by atoms with van der Waals surface area (Å²) in [6, 6.07) is 8.52. The fourth-order valence-electron chi connectivity index (χ4n) is 1.88. The van der Waals surface area contributed by atoms with Gasteiger partial charge in [0.2, 0.25) is 0 Å². The Morgan fingerprint density at radius 1 is 1.21 bits per heavy atom. The monoisotopic (exact) mass is 326 g/mol. The second kappa shape index (κ2) is 8.03. The average Bonchev–Trinajstić information content (AvgIpc) is 2.26. The van der Waals surface area contributed by atoms with Gasteiger partial charge in [-0.05, 0) is 43.1 Å². The van der Waals surface area contributed by atoms with Gasteiger partial charge in [0.1, 0.15) is 0 Å². The Morgan fingerprint density at radius 2 is 1.95 bits per heavy atom. The first-order chi connectivity index (χ1) is 8.87. The number of likely N-dealkylation sites (N-methyl/N-ethyl adjacent to an activating group) is 1. The van der Waals surface area contributed by atoms with Crippen LogP contribution >= 0.6 is 15.9 Å². The van der Waals surface area contributed by atoms with Gasteiger partial charge in [-0.25, -0.2) is 0 Å². The third kappa shape index (κ3) is 8.40. The Morgan fingerprint density at radius 3 is 2.58 bits per heavy atom. The summed E-state index contributed by atoms with van der Waals surface area (Å²) in [5, 5.41) is 3.52. The van der Waals surface area contributed by atoms with E-state index in [2.05, 4.69) is 78.2 Å². The lowest BCUT2D eigenvalue weighted by Gasteiger charge is -2.20. The highest BCUT2D eigenvalue weighted by Crippen LogP contribution is 2.16. The van der Waals surface area contributed by atoms with Crippen LogP contribution in [0.5, 0.6) is 0 Å². The lowest BCUT2D eigenvalue weighted by atomic mass is 9.92. The maximum Gasteiger partial charge on any atom is 0.0231 e. The molecule has 1 rings (SSSR count). The van der Waals surface area contributed by atoms with E-state index in [0.717, 1.165) is 30.7 Å². The van der Waals surface area contributed by atoms with Crippen molar-refractivity contribution in [2.75, 3.05) is 26.7 Å². The quantitative estimate of drug-likeness (QED) is 0.764. The summed E-state index contributed by atoms with van der Waals surface area (Å²) in [6.45, 7) is 11.1. The number of benzene rings is 1. The number of halogens is 1. The zero-order chi connectivity index (χ0) is 14.3. The molecule has 0 unspecified atom stereocenters. The van der Waals surface area contributed by atoms with Crippen LogP contribution in [0.25, 0.3) is 0 Å². The van der Waals surface area contributed by atoms with Crippen molar-refractivity contribution in [3.05, 3.63) is 34.3 Å². The van der Waals surface area contributed by atoms with Gasteiger partial charge in [-0.1, -0.05) is 48.8 Å². The highest BCUT2D eigenvalue weighted by Gasteiger charge is 2.08. The van der Waals surface area contributed by atoms with Gasteiger partial charge >= 0.3 is 0 Å². The molecule has 0 spiro atoms. The fourth-order valence-corrected chi connectivity index (χ4v) is 2.33. The first-order valence-electron chi connectivity index (χ1n) is 7.00. The molecule has 0 bridgehead atoms. The molecule has 0 aliphatic rings. The van der Waals surface area contributed by atoms with Crippen molar-refractivity contribution in [2.45, 2.75) is 33.7 Å². The van der Waals surface area contributed by atoms with Crippen molar-refractivity contribution < 1.29 is 0 Å². The van der Waals surface area contributed by atoms with E-state index >= 15 is 0 Å². The summed E-state index contributed by atoms with van der Waals surface area (Å²) < 4.78 is 1.15. The van der Waals surface area contributed by atoms with Crippen molar-refractivity contribution in [1.82, 2.24) is 10.2 Å². The van der Waals surface area contributed by atoms with Gasteiger partial charge in [-0.2, -0.15) is 0 Å². The fraction of sp³-hybridized carbons (Fsp3) is 0.625. The maximum atomic E-state index is 3.52. The van der Waals surface area contributed by atoms with E-state index in [1.807, 2.05) is 0 Å². The molecule has 0 aliphatic carbocycles. The molecular formula is C16H27BrN2. The van der Waals surface area contributed by atoms with Crippen molar-refractivity contribution in [2.24, 2.45) is 5.41 Å². The second-order valence-electron chi connectivity index (χ2n) is 6.43. The van der Waals surface area contributed by atoms with Crippen LogP contribution in [-0.4, -0.2) is 31.6 Å². The predicted octanol–water partition coefficient (Wildman–Crippen LogP) is 3.91. The molecule has 3 heteroatoms. The minimum absolute atomic E-state index is 0.426. The van der Waals surface area contributed by atoms with Gasteiger partial charge in [-0.3, -0.25) is 0 Å². The Kier molecular flexibility index (Phi) is 7.05. The van der Waals surface area contributed by atoms with E-state index in [4.69, 9.17) is 0 Å². The molecule has 2 nitrogen and oxygen atoms in total. The van der Waals surface area contributed by atoms with Crippen molar-refractivity contribution in [1.29, 1.82) is 0 Å². The predicted molar refractivity (Wildman–Crippen MR) is 87.4 cm³/mol. The summed E-state index contributed by atoms with van der Waals surface area (Å²) in [5.41, 5.74) is 1.78. The van der Waals surface area contributed by atoms with Crippen LogP contribution in [0.2, 0.25) is 0 Å². The molecule has 0 atom stereocenters. The molecule has 0 heterocycles. The molecule has 1 N–H and O–H groups in total. The maximum absolute atomic E-state index is 3.52.